The Labute approximate surface area is 177 Å². The Morgan fingerprint density at radius 3 is 2.33 bits per heavy atom. The van der Waals surface area contributed by atoms with E-state index in [9.17, 15) is 14.0 Å². The zero-order valence-electron chi connectivity index (χ0n) is 17.9. The first-order valence-corrected chi connectivity index (χ1v) is 10.3. The van der Waals surface area contributed by atoms with Crippen molar-refractivity contribution in [1.29, 1.82) is 0 Å². The number of halogens is 1. The molecule has 2 aromatic rings. The number of amides is 2. The molecule has 0 aliphatic carbocycles. The van der Waals surface area contributed by atoms with E-state index in [0.717, 1.165) is 11.1 Å². The summed E-state index contributed by atoms with van der Waals surface area (Å²) in [6, 6.07) is 16.1. The van der Waals surface area contributed by atoms with Gasteiger partial charge in [0.25, 0.3) is 0 Å². The molecule has 2 aromatic carbocycles. The van der Waals surface area contributed by atoms with Crippen LogP contribution >= 0.6 is 0 Å². The van der Waals surface area contributed by atoms with Gasteiger partial charge in [-0.1, -0.05) is 42.5 Å². The number of rotatable bonds is 6. The van der Waals surface area contributed by atoms with Gasteiger partial charge in [0.1, 0.15) is 5.82 Å². The highest BCUT2D eigenvalue weighted by atomic mass is 19.1. The third-order valence-corrected chi connectivity index (χ3v) is 6.14. The van der Waals surface area contributed by atoms with E-state index >= 15 is 0 Å². The molecule has 0 bridgehead atoms. The summed E-state index contributed by atoms with van der Waals surface area (Å²) in [5, 5.41) is 3.13. The second kappa shape index (κ2) is 9.39. The number of hydrogen-bond donors (Lipinski definition) is 1. The molecule has 1 saturated heterocycles. The monoisotopic (exact) mass is 411 g/mol. The molecule has 0 saturated carbocycles. The summed E-state index contributed by atoms with van der Waals surface area (Å²) < 4.78 is 13.7. The maximum Gasteiger partial charge on any atom is 0.230 e. The largest absolute Gasteiger partial charge is 0.353 e. The van der Waals surface area contributed by atoms with Crippen molar-refractivity contribution in [3.05, 3.63) is 71.5 Å². The van der Waals surface area contributed by atoms with Gasteiger partial charge in [0, 0.05) is 26.6 Å². The predicted molar refractivity (Wildman–Crippen MR) is 115 cm³/mol. The average Bonchev–Trinajstić information content (AvgIpc) is 2.74. The van der Waals surface area contributed by atoms with Gasteiger partial charge in [-0.3, -0.25) is 9.59 Å². The van der Waals surface area contributed by atoms with Crippen molar-refractivity contribution in [3.8, 4) is 0 Å². The van der Waals surface area contributed by atoms with E-state index in [2.05, 4.69) is 5.32 Å². The topological polar surface area (TPSA) is 52.7 Å². The molecule has 1 unspecified atom stereocenters. The minimum atomic E-state index is -0.675. The van der Waals surface area contributed by atoms with Crippen molar-refractivity contribution in [3.63, 3.8) is 0 Å². The van der Waals surface area contributed by atoms with Crippen LogP contribution in [0.5, 0.6) is 0 Å². The lowest BCUT2D eigenvalue weighted by Gasteiger charge is -2.41. The van der Waals surface area contributed by atoms with Crippen LogP contribution < -0.4 is 5.32 Å². The zero-order chi connectivity index (χ0) is 21.7. The maximum atomic E-state index is 13.7. The van der Waals surface area contributed by atoms with Crippen molar-refractivity contribution in [2.45, 2.75) is 31.2 Å². The fourth-order valence-electron chi connectivity index (χ4n) is 4.28. The molecule has 3 rings (SSSR count). The molecule has 1 aliphatic heterocycles. The van der Waals surface area contributed by atoms with Gasteiger partial charge in [-0.25, -0.2) is 4.39 Å². The lowest BCUT2D eigenvalue weighted by Crippen LogP contribution is -2.53. The molecular weight excluding hydrogens is 381 g/mol. The molecule has 0 aromatic heterocycles. The SMILES string of the molecule is CC(=O)N1CCC(C(=O)NCC(c2cccc(F)c2)N(C)C)(c2ccccc2)CC1. The minimum absolute atomic E-state index is 0.0378. The summed E-state index contributed by atoms with van der Waals surface area (Å²) in [5.41, 5.74) is 1.12. The molecule has 160 valence electrons. The van der Waals surface area contributed by atoms with E-state index in [1.807, 2.05) is 55.4 Å². The van der Waals surface area contributed by atoms with Gasteiger partial charge in [-0.15, -0.1) is 0 Å². The highest BCUT2D eigenvalue weighted by Gasteiger charge is 2.43. The van der Waals surface area contributed by atoms with Gasteiger partial charge in [-0.05, 0) is 50.2 Å². The third-order valence-electron chi connectivity index (χ3n) is 6.14. The van der Waals surface area contributed by atoms with E-state index in [4.69, 9.17) is 0 Å². The first-order chi connectivity index (χ1) is 14.3. The van der Waals surface area contributed by atoms with Gasteiger partial charge < -0.3 is 15.1 Å². The van der Waals surface area contributed by atoms with E-state index in [1.54, 1.807) is 17.9 Å². The van der Waals surface area contributed by atoms with Crippen molar-refractivity contribution in [1.82, 2.24) is 15.1 Å². The van der Waals surface area contributed by atoms with Crippen LogP contribution in [0, 0.1) is 5.82 Å². The lowest BCUT2D eigenvalue weighted by molar-refractivity contribution is -0.135. The fourth-order valence-corrected chi connectivity index (χ4v) is 4.28. The van der Waals surface area contributed by atoms with Crippen LogP contribution in [0.3, 0.4) is 0 Å². The number of carbonyl (C=O) groups is 2. The number of piperidine rings is 1. The van der Waals surface area contributed by atoms with E-state index in [-0.39, 0.29) is 23.7 Å². The van der Waals surface area contributed by atoms with Crippen LogP contribution in [0.1, 0.15) is 36.9 Å². The van der Waals surface area contributed by atoms with E-state index in [1.165, 1.54) is 12.1 Å². The van der Waals surface area contributed by atoms with Crippen LogP contribution in [0.25, 0.3) is 0 Å². The van der Waals surface area contributed by atoms with Crippen LogP contribution in [0.4, 0.5) is 4.39 Å². The summed E-state index contributed by atoms with van der Waals surface area (Å²) in [6.07, 6.45) is 1.16. The number of hydrogen-bond acceptors (Lipinski definition) is 3. The smallest absolute Gasteiger partial charge is 0.230 e. The summed E-state index contributed by atoms with van der Waals surface area (Å²) in [4.78, 5) is 29.1. The summed E-state index contributed by atoms with van der Waals surface area (Å²) in [5.74, 6) is -0.293. The van der Waals surface area contributed by atoms with Crippen LogP contribution in [-0.4, -0.2) is 55.3 Å². The van der Waals surface area contributed by atoms with Crippen LogP contribution in [0.2, 0.25) is 0 Å². The standard InChI is InChI=1S/C24H30FN3O2/c1-18(29)28-14-12-24(13-15-28,20-9-5-4-6-10-20)23(30)26-17-22(27(2)3)19-8-7-11-21(25)16-19/h4-11,16,22H,12-15,17H2,1-3H3,(H,26,30). The number of nitrogens with one attached hydrogen (secondary N) is 1. The number of likely N-dealkylation sites (tertiary alicyclic amines) is 1. The highest BCUT2D eigenvalue weighted by molar-refractivity contribution is 5.89. The molecule has 1 aliphatic rings. The molecule has 1 fully saturated rings. The highest BCUT2D eigenvalue weighted by Crippen LogP contribution is 2.36. The normalized spacial score (nSPS) is 16.9. The Bertz CT molecular complexity index is 877. The average molecular weight is 412 g/mol. The summed E-state index contributed by atoms with van der Waals surface area (Å²) in [7, 11) is 3.83. The number of nitrogens with zero attached hydrogens (tertiary/aromatic N) is 2. The van der Waals surface area contributed by atoms with Crippen molar-refractivity contribution >= 4 is 11.8 Å². The zero-order valence-corrected chi connectivity index (χ0v) is 17.9. The van der Waals surface area contributed by atoms with E-state index in [0.29, 0.717) is 32.5 Å². The molecular formula is C24H30FN3O2. The quantitative estimate of drug-likeness (QED) is 0.795. The maximum absolute atomic E-state index is 13.7. The number of carbonyl (C=O) groups excluding carboxylic acids is 2. The lowest BCUT2D eigenvalue weighted by atomic mass is 9.72. The summed E-state index contributed by atoms with van der Waals surface area (Å²) in [6.45, 7) is 3.05. The number of benzene rings is 2. The predicted octanol–water partition coefficient (Wildman–Crippen LogP) is 3.12. The Balaban J connectivity index is 1.81. The minimum Gasteiger partial charge on any atom is -0.353 e. The molecule has 5 nitrogen and oxygen atoms in total. The molecule has 6 heteroatoms. The number of likely N-dealkylation sites (N-methyl/N-ethyl adjacent to an activating group) is 1. The molecule has 2 amide bonds. The molecule has 1 atom stereocenters. The van der Waals surface area contributed by atoms with E-state index < -0.39 is 5.41 Å². The molecule has 0 radical (unpaired) electrons. The van der Waals surface area contributed by atoms with Gasteiger partial charge >= 0.3 is 0 Å². The second-order valence-corrected chi connectivity index (χ2v) is 8.20. The van der Waals surface area contributed by atoms with Crippen molar-refractivity contribution < 1.29 is 14.0 Å². The Hall–Kier alpha value is -2.73. The third kappa shape index (κ3) is 4.70. The van der Waals surface area contributed by atoms with Gasteiger partial charge in [0.15, 0.2) is 0 Å². The molecule has 30 heavy (non-hydrogen) atoms. The molecule has 1 N–H and O–H groups in total. The van der Waals surface area contributed by atoms with Crippen LogP contribution in [0.15, 0.2) is 54.6 Å². The van der Waals surface area contributed by atoms with Gasteiger partial charge in [-0.2, -0.15) is 0 Å². The molecule has 0 spiro atoms. The van der Waals surface area contributed by atoms with Gasteiger partial charge in [0.2, 0.25) is 11.8 Å². The van der Waals surface area contributed by atoms with Crippen LogP contribution in [-0.2, 0) is 15.0 Å². The first kappa shape index (κ1) is 22.0. The Morgan fingerprint density at radius 2 is 1.77 bits per heavy atom. The molecule has 1 heterocycles. The second-order valence-electron chi connectivity index (χ2n) is 8.20. The summed E-state index contributed by atoms with van der Waals surface area (Å²) >= 11 is 0. The fraction of sp³-hybridized carbons (Fsp3) is 0.417. The first-order valence-electron chi connectivity index (χ1n) is 10.3. The van der Waals surface area contributed by atoms with Crippen molar-refractivity contribution in [2.75, 3.05) is 33.7 Å². The van der Waals surface area contributed by atoms with Crippen molar-refractivity contribution in [2.24, 2.45) is 0 Å². The Morgan fingerprint density at radius 1 is 1.10 bits per heavy atom. The Kier molecular flexibility index (Phi) is 6.87. The van der Waals surface area contributed by atoms with Gasteiger partial charge in [0.05, 0.1) is 11.5 Å².